The fraction of sp³-hybridized carbons (Fsp3) is 0.812. The molecule has 0 radical (unpaired) electrons. The third-order valence-corrected chi connectivity index (χ3v) is 11.2. The van der Waals surface area contributed by atoms with Gasteiger partial charge in [-0.15, -0.1) is 0 Å². The Bertz CT molecular complexity index is 1070. The van der Waals surface area contributed by atoms with Gasteiger partial charge in [0.05, 0.1) is 39.9 Å². The zero-order chi connectivity index (χ0) is 42.1. The Morgan fingerprint density at radius 1 is 0.596 bits per heavy atom. The zero-order valence-corrected chi connectivity index (χ0v) is 38.7. The summed E-state index contributed by atoms with van der Waals surface area (Å²) in [5, 5.41) is 13.8. The van der Waals surface area contributed by atoms with Gasteiger partial charge >= 0.3 is 0 Å². The fourth-order valence-corrected chi connectivity index (χ4v) is 7.19. The Labute approximate surface area is 352 Å². The van der Waals surface area contributed by atoms with Crippen molar-refractivity contribution < 1.29 is 32.9 Å². The van der Waals surface area contributed by atoms with E-state index < -0.39 is 26.6 Å². The van der Waals surface area contributed by atoms with Crippen molar-refractivity contribution in [1.82, 2.24) is 5.32 Å². The van der Waals surface area contributed by atoms with E-state index in [4.69, 9.17) is 9.05 Å². The summed E-state index contributed by atoms with van der Waals surface area (Å²) in [5.41, 5.74) is 0. The second-order valence-electron chi connectivity index (χ2n) is 17.1. The normalized spacial score (nSPS) is 14.7. The number of carbonyl (C=O) groups is 1. The maximum absolute atomic E-state index is 12.9. The summed E-state index contributed by atoms with van der Waals surface area (Å²) in [6, 6.07) is -0.911. The number of carbonyl (C=O) groups excluding carboxylic acids is 1. The average Bonchev–Trinajstić information content (AvgIpc) is 3.16. The maximum Gasteiger partial charge on any atom is 0.268 e. The van der Waals surface area contributed by atoms with Crippen molar-refractivity contribution in [1.29, 1.82) is 0 Å². The number of hydrogen-bond donors (Lipinski definition) is 2. The standard InChI is InChI=1S/C48H91N2O6P/c1-6-8-10-12-14-16-18-20-22-24-26-28-30-32-34-36-38-40-42-48(52)49-46(45-56-57(53,54)55-44-43-50(3,4)5)47(51)41-39-37-35-33-31-29-27-25-23-21-19-17-15-13-11-9-7-2/h22-25,31,33,39,41,46-47,51H,6-21,26-30,32,34-38,40,42-45H2,1-5H3,(H-,49,52,53,54)/b24-22-,25-23+,33-31+,41-39+. The first-order valence-corrected chi connectivity index (χ1v) is 25.0. The Morgan fingerprint density at radius 3 is 1.42 bits per heavy atom. The predicted octanol–water partition coefficient (Wildman–Crippen LogP) is 12.6. The monoisotopic (exact) mass is 823 g/mol. The number of nitrogens with one attached hydrogen (secondary N) is 1. The van der Waals surface area contributed by atoms with Gasteiger partial charge in [0, 0.05) is 6.42 Å². The molecule has 0 aliphatic rings. The molecule has 0 aliphatic carbocycles. The minimum absolute atomic E-state index is 0.0107. The van der Waals surface area contributed by atoms with Gasteiger partial charge in [-0.05, 0) is 70.6 Å². The van der Waals surface area contributed by atoms with E-state index in [1.54, 1.807) is 6.08 Å². The summed E-state index contributed by atoms with van der Waals surface area (Å²) in [7, 11) is 1.23. The van der Waals surface area contributed by atoms with Crippen LogP contribution in [0.5, 0.6) is 0 Å². The third kappa shape index (κ3) is 42.4. The number of amides is 1. The molecule has 0 aromatic rings. The minimum Gasteiger partial charge on any atom is -0.756 e. The number of aliphatic hydroxyl groups excluding tert-OH is 1. The molecule has 9 heteroatoms. The lowest BCUT2D eigenvalue weighted by Gasteiger charge is -2.29. The van der Waals surface area contributed by atoms with Gasteiger partial charge in [-0.25, -0.2) is 0 Å². The van der Waals surface area contributed by atoms with Crippen molar-refractivity contribution in [3.63, 3.8) is 0 Å². The van der Waals surface area contributed by atoms with Crippen molar-refractivity contribution >= 4 is 13.7 Å². The highest BCUT2D eigenvalue weighted by Gasteiger charge is 2.23. The van der Waals surface area contributed by atoms with Crippen LogP contribution in [0.2, 0.25) is 0 Å². The Morgan fingerprint density at radius 2 is 0.982 bits per heavy atom. The fourth-order valence-electron chi connectivity index (χ4n) is 6.47. The summed E-state index contributed by atoms with van der Waals surface area (Å²) in [5.74, 6) is -0.217. The predicted molar refractivity (Wildman–Crippen MR) is 242 cm³/mol. The molecule has 0 saturated carbocycles. The number of quaternary nitrogens is 1. The lowest BCUT2D eigenvalue weighted by atomic mass is 10.1. The second kappa shape index (κ2) is 39.9. The first-order valence-electron chi connectivity index (χ1n) is 23.5. The SMILES string of the molecule is CCCCCCCCC/C=C\CCCCCCCCCC(=O)NC(COP(=O)([O-])OCC[N+](C)(C)C)C(O)/C=C/CC/C=C/CC/C=C/CCCCCCCCC. The van der Waals surface area contributed by atoms with Crippen LogP contribution in [0.15, 0.2) is 48.6 Å². The molecular weight excluding hydrogens is 732 g/mol. The molecule has 0 saturated heterocycles. The highest BCUT2D eigenvalue weighted by atomic mass is 31.2. The van der Waals surface area contributed by atoms with Crippen LogP contribution in [0.3, 0.4) is 0 Å². The molecule has 0 heterocycles. The van der Waals surface area contributed by atoms with Crippen LogP contribution >= 0.6 is 7.82 Å². The molecule has 0 aromatic heterocycles. The smallest absolute Gasteiger partial charge is 0.268 e. The number of phosphoric ester groups is 1. The van der Waals surface area contributed by atoms with Crippen molar-refractivity contribution in [3.8, 4) is 0 Å². The lowest BCUT2D eigenvalue weighted by molar-refractivity contribution is -0.870. The molecule has 334 valence electrons. The van der Waals surface area contributed by atoms with Crippen LogP contribution in [-0.4, -0.2) is 68.5 Å². The van der Waals surface area contributed by atoms with Gasteiger partial charge in [-0.2, -0.15) is 0 Å². The number of nitrogens with zero attached hydrogens (tertiary/aromatic N) is 1. The van der Waals surface area contributed by atoms with Crippen molar-refractivity contribution in [3.05, 3.63) is 48.6 Å². The van der Waals surface area contributed by atoms with E-state index in [0.717, 1.165) is 44.9 Å². The van der Waals surface area contributed by atoms with E-state index in [1.165, 1.54) is 135 Å². The molecule has 3 unspecified atom stereocenters. The summed E-state index contributed by atoms with van der Waals surface area (Å²) in [6.45, 7) is 4.60. The first-order chi connectivity index (χ1) is 27.5. The quantitative estimate of drug-likeness (QED) is 0.0275. The summed E-state index contributed by atoms with van der Waals surface area (Å²) in [4.78, 5) is 25.3. The van der Waals surface area contributed by atoms with Crippen molar-refractivity contribution in [2.45, 2.75) is 212 Å². The molecule has 0 bridgehead atoms. The Balaban J connectivity index is 4.47. The number of likely N-dealkylation sites (N-methyl/N-ethyl adjacent to an activating group) is 1. The maximum atomic E-state index is 12.9. The number of unbranched alkanes of at least 4 members (excludes halogenated alkanes) is 23. The van der Waals surface area contributed by atoms with Crippen molar-refractivity contribution in [2.75, 3.05) is 40.9 Å². The molecule has 2 N–H and O–H groups in total. The molecule has 0 aromatic carbocycles. The molecule has 0 spiro atoms. The van der Waals surface area contributed by atoms with Crippen LogP contribution in [0, 0.1) is 0 Å². The molecule has 1 amide bonds. The highest BCUT2D eigenvalue weighted by molar-refractivity contribution is 7.45. The Hall–Kier alpha value is -1.54. The van der Waals surface area contributed by atoms with Gasteiger partial charge in [0.25, 0.3) is 7.82 Å². The number of hydrogen-bond acceptors (Lipinski definition) is 6. The van der Waals surface area contributed by atoms with E-state index in [2.05, 4.69) is 55.6 Å². The Kier molecular flexibility index (Phi) is 38.8. The summed E-state index contributed by atoms with van der Waals surface area (Å²) >= 11 is 0. The van der Waals surface area contributed by atoms with Crippen LogP contribution < -0.4 is 10.2 Å². The van der Waals surface area contributed by atoms with Crippen LogP contribution in [0.1, 0.15) is 200 Å². The summed E-state index contributed by atoms with van der Waals surface area (Å²) in [6.07, 6.45) is 50.2. The summed E-state index contributed by atoms with van der Waals surface area (Å²) < 4.78 is 23.2. The number of aliphatic hydroxyl groups is 1. The van der Waals surface area contributed by atoms with Gasteiger partial charge < -0.3 is 28.8 Å². The van der Waals surface area contributed by atoms with E-state index >= 15 is 0 Å². The van der Waals surface area contributed by atoms with Gasteiger partial charge in [0.2, 0.25) is 5.91 Å². The van der Waals surface area contributed by atoms with E-state index in [9.17, 15) is 19.4 Å². The number of rotatable bonds is 42. The van der Waals surface area contributed by atoms with E-state index in [1.807, 2.05) is 27.2 Å². The molecule has 3 atom stereocenters. The van der Waals surface area contributed by atoms with Crippen LogP contribution in [0.4, 0.5) is 0 Å². The molecule has 0 aliphatic heterocycles. The second-order valence-corrected chi connectivity index (χ2v) is 18.5. The van der Waals surface area contributed by atoms with Gasteiger partial charge in [-0.3, -0.25) is 9.36 Å². The third-order valence-electron chi connectivity index (χ3n) is 10.2. The largest absolute Gasteiger partial charge is 0.756 e. The molecule has 0 rings (SSSR count). The van der Waals surface area contributed by atoms with Crippen molar-refractivity contribution in [2.24, 2.45) is 0 Å². The van der Waals surface area contributed by atoms with E-state index in [-0.39, 0.29) is 12.5 Å². The van der Waals surface area contributed by atoms with E-state index in [0.29, 0.717) is 17.4 Å². The van der Waals surface area contributed by atoms with Crippen LogP contribution in [-0.2, 0) is 18.4 Å². The van der Waals surface area contributed by atoms with Crippen LogP contribution in [0.25, 0.3) is 0 Å². The highest BCUT2D eigenvalue weighted by Crippen LogP contribution is 2.38. The minimum atomic E-state index is -4.60. The molecular formula is C48H91N2O6P. The zero-order valence-electron chi connectivity index (χ0n) is 37.8. The lowest BCUT2D eigenvalue weighted by Crippen LogP contribution is -2.45. The number of allylic oxidation sites excluding steroid dienone is 7. The number of phosphoric acid groups is 1. The molecule has 8 nitrogen and oxygen atoms in total. The van der Waals surface area contributed by atoms with Gasteiger partial charge in [0.1, 0.15) is 13.2 Å². The van der Waals surface area contributed by atoms with Gasteiger partial charge in [-0.1, -0.05) is 172 Å². The first kappa shape index (κ1) is 55.5. The topological polar surface area (TPSA) is 108 Å². The molecule has 0 fully saturated rings. The molecule has 57 heavy (non-hydrogen) atoms. The van der Waals surface area contributed by atoms with Gasteiger partial charge in [0.15, 0.2) is 0 Å². The average molecular weight is 823 g/mol.